The second-order valence-electron chi connectivity index (χ2n) is 11.0. The van der Waals surface area contributed by atoms with Crippen LogP contribution in [0.1, 0.15) is 87.5 Å². The van der Waals surface area contributed by atoms with E-state index in [1.165, 1.54) is 0 Å². The van der Waals surface area contributed by atoms with Gasteiger partial charge in [-0.1, -0.05) is 54.4 Å². The van der Waals surface area contributed by atoms with Crippen molar-refractivity contribution in [3.8, 4) is 0 Å². The third-order valence-corrected chi connectivity index (χ3v) is 6.14. The fourth-order valence-corrected chi connectivity index (χ4v) is 4.07. The zero-order valence-corrected chi connectivity index (χ0v) is 19.5. The van der Waals surface area contributed by atoms with Gasteiger partial charge in [0.2, 0.25) is 0 Å². The Hall–Kier alpha value is -1.59. The zero-order chi connectivity index (χ0) is 22.6. The molecular weight excluding hydrogens is 372 g/mol. The molecule has 1 aliphatic carbocycles. The molecule has 0 amide bonds. The number of esters is 2. The first-order valence-corrected chi connectivity index (χ1v) is 10.7. The normalized spacial score (nSPS) is 23.6. The average Bonchev–Trinajstić information content (AvgIpc) is 2.57. The Balaban J connectivity index is 2.72. The van der Waals surface area contributed by atoms with E-state index >= 15 is 0 Å². The van der Waals surface area contributed by atoms with Crippen molar-refractivity contribution in [2.45, 2.75) is 93.6 Å². The van der Waals surface area contributed by atoms with Crippen LogP contribution < -0.4 is 0 Å². The van der Waals surface area contributed by atoms with Crippen LogP contribution in [0.25, 0.3) is 0 Å². The Morgan fingerprint density at radius 2 is 1.48 bits per heavy atom. The van der Waals surface area contributed by atoms with Crippen LogP contribution in [0.5, 0.6) is 0 Å². The van der Waals surface area contributed by atoms with E-state index in [2.05, 4.69) is 20.8 Å². The van der Waals surface area contributed by atoms with Crippen LogP contribution in [0.4, 0.5) is 0 Å². The third-order valence-electron chi connectivity index (χ3n) is 6.14. The maximum atomic E-state index is 13.0. The van der Waals surface area contributed by atoms with Crippen LogP contribution in [0.3, 0.4) is 0 Å². The zero-order valence-electron chi connectivity index (χ0n) is 19.5. The minimum Gasteiger partial charge on any atom is -0.481 e. The van der Waals surface area contributed by atoms with E-state index in [9.17, 15) is 19.5 Å². The minimum absolute atomic E-state index is 0.0520. The summed E-state index contributed by atoms with van der Waals surface area (Å²) in [6, 6.07) is 0. The second-order valence-corrected chi connectivity index (χ2v) is 11.0. The first kappa shape index (κ1) is 25.4. The number of rotatable bonds is 7. The number of hydrogen-bond donors (Lipinski definition) is 1. The van der Waals surface area contributed by atoms with E-state index in [4.69, 9.17) is 9.47 Å². The van der Waals surface area contributed by atoms with Gasteiger partial charge in [-0.3, -0.25) is 14.4 Å². The Morgan fingerprint density at radius 1 is 0.966 bits per heavy atom. The molecule has 0 spiro atoms. The lowest BCUT2D eigenvalue weighted by atomic mass is 9.61. The Bertz CT molecular complexity index is 597. The maximum Gasteiger partial charge on any atom is 0.312 e. The molecule has 0 aromatic heterocycles. The first-order valence-electron chi connectivity index (χ1n) is 10.7. The minimum atomic E-state index is -0.950. The van der Waals surface area contributed by atoms with E-state index in [-0.39, 0.29) is 23.4 Å². The van der Waals surface area contributed by atoms with Crippen LogP contribution in [0.2, 0.25) is 0 Å². The van der Waals surface area contributed by atoms with E-state index < -0.39 is 35.3 Å². The SMILES string of the molecule is CC(COC(=O)C1CCCCC1C(=O)O)OC(=O)C(C)(CC(C)(C)C)C(C)(C)C. The highest BCUT2D eigenvalue weighted by molar-refractivity contribution is 5.81. The second kappa shape index (κ2) is 9.48. The molecule has 0 aromatic rings. The van der Waals surface area contributed by atoms with Crippen molar-refractivity contribution in [2.75, 3.05) is 6.61 Å². The van der Waals surface area contributed by atoms with Crippen LogP contribution >= 0.6 is 0 Å². The highest BCUT2D eigenvalue weighted by atomic mass is 16.6. The molecule has 6 nitrogen and oxygen atoms in total. The number of carbonyl (C=O) groups is 3. The van der Waals surface area contributed by atoms with E-state index in [0.29, 0.717) is 19.3 Å². The number of carboxylic acids is 1. The van der Waals surface area contributed by atoms with Crippen molar-refractivity contribution in [1.82, 2.24) is 0 Å². The van der Waals surface area contributed by atoms with Crippen molar-refractivity contribution in [2.24, 2.45) is 28.1 Å². The van der Waals surface area contributed by atoms with Gasteiger partial charge in [0.1, 0.15) is 12.7 Å². The van der Waals surface area contributed by atoms with Gasteiger partial charge in [-0.2, -0.15) is 0 Å². The molecule has 0 heterocycles. The van der Waals surface area contributed by atoms with Crippen LogP contribution in [-0.4, -0.2) is 35.7 Å². The summed E-state index contributed by atoms with van der Waals surface area (Å²) in [5.74, 6) is -3.07. The Labute approximate surface area is 175 Å². The molecule has 1 aliphatic rings. The van der Waals surface area contributed by atoms with Gasteiger partial charge >= 0.3 is 17.9 Å². The van der Waals surface area contributed by atoms with Crippen LogP contribution in [0.15, 0.2) is 0 Å². The van der Waals surface area contributed by atoms with E-state index in [0.717, 1.165) is 12.8 Å². The fraction of sp³-hybridized carbons (Fsp3) is 0.870. The number of carboxylic acid groups (broad SMARTS) is 1. The number of carbonyl (C=O) groups excluding carboxylic acids is 2. The van der Waals surface area contributed by atoms with Gasteiger partial charge in [0.15, 0.2) is 0 Å². The average molecular weight is 413 g/mol. The summed E-state index contributed by atoms with van der Waals surface area (Å²) in [6.45, 7) is 15.9. The van der Waals surface area contributed by atoms with Gasteiger partial charge in [0.05, 0.1) is 17.3 Å². The van der Waals surface area contributed by atoms with Crippen molar-refractivity contribution in [1.29, 1.82) is 0 Å². The lowest BCUT2D eigenvalue weighted by molar-refractivity contribution is -0.176. The lowest BCUT2D eigenvalue weighted by Gasteiger charge is -2.43. The number of aliphatic carboxylic acids is 1. The molecule has 4 unspecified atom stereocenters. The fourth-order valence-electron chi connectivity index (χ4n) is 4.07. The summed E-state index contributed by atoms with van der Waals surface area (Å²) in [5, 5.41) is 9.34. The summed E-state index contributed by atoms with van der Waals surface area (Å²) < 4.78 is 11.0. The predicted molar refractivity (Wildman–Crippen MR) is 111 cm³/mol. The molecule has 29 heavy (non-hydrogen) atoms. The molecule has 0 saturated heterocycles. The number of hydrogen-bond acceptors (Lipinski definition) is 5. The van der Waals surface area contributed by atoms with Gasteiger partial charge < -0.3 is 14.6 Å². The Morgan fingerprint density at radius 3 is 1.93 bits per heavy atom. The van der Waals surface area contributed by atoms with Gasteiger partial charge in [-0.25, -0.2) is 0 Å². The molecule has 4 atom stereocenters. The van der Waals surface area contributed by atoms with Gasteiger partial charge in [-0.15, -0.1) is 0 Å². The molecular formula is C23H40O6. The quantitative estimate of drug-likeness (QED) is 0.602. The largest absolute Gasteiger partial charge is 0.481 e. The predicted octanol–water partition coefficient (Wildman–Crippen LogP) is 4.84. The smallest absolute Gasteiger partial charge is 0.312 e. The van der Waals surface area contributed by atoms with Crippen LogP contribution in [-0.2, 0) is 23.9 Å². The molecule has 0 radical (unpaired) electrons. The summed E-state index contributed by atoms with van der Waals surface area (Å²) in [7, 11) is 0. The van der Waals surface area contributed by atoms with Crippen molar-refractivity contribution >= 4 is 17.9 Å². The van der Waals surface area contributed by atoms with E-state index in [1.54, 1.807) is 6.92 Å². The highest BCUT2D eigenvalue weighted by Gasteiger charge is 2.48. The van der Waals surface area contributed by atoms with Crippen LogP contribution in [0, 0.1) is 28.1 Å². The lowest BCUT2D eigenvalue weighted by Crippen LogP contribution is -2.45. The van der Waals surface area contributed by atoms with Gasteiger partial charge in [0, 0.05) is 0 Å². The first-order chi connectivity index (χ1) is 13.1. The molecule has 1 N–H and O–H groups in total. The monoisotopic (exact) mass is 412 g/mol. The Kier molecular flexibility index (Phi) is 8.32. The summed E-state index contributed by atoms with van der Waals surface area (Å²) in [6.07, 6.45) is 2.73. The van der Waals surface area contributed by atoms with Crippen molar-refractivity contribution in [3.05, 3.63) is 0 Å². The maximum absolute atomic E-state index is 13.0. The third kappa shape index (κ3) is 7.00. The van der Waals surface area contributed by atoms with E-state index in [1.807, 2.05) is 27.7 Å². The molecule has 0 aliphatic heterocycles. The van der Waals surface area contributed by atoms with Crippen molar-refractivity contribution < 1.29 is 29.0 Å². The summed E-state index contributed by atoms with van der Waals surface area (Å²) >= 11 is 0. The van der Waals surface area contributed by atoms with Gasteiger partial charge in [-0.05, 0) is 43.9 Å². The summed E-state index contributed by atoms with van der Waals surface area (Å²) in [4.78, 5) is 36.9. The molecule has 0 bridgehead atoms. The van der Waals surface area contributed by atoms with Crippen molar-refractivity contribution in [3.63, 3.8) is 0 Å². The highest BCUT2D eigenvalue weighted by Crippen LogP contribution is 2.47. The topological polar surface area (TPSA) is 89.9 Å². The number of ether oxygens (including phenoxy) is 2. The summed E-state index contributed by atoms with van der Waals surface area (Å²) in [5.41, 5.74) is -1.05. The molecule has 0 aromatic carbocycles. The molecule has 6 heteroatoms. The standard InChI is InChI=1S/C23H40O6/c1-15(13-28-19(26)17-12-10-9-11-16(17)18(24)25)29-20(27)23(8,22(5,6)7)14-21(2,3)4/h15-17H,9-14H2,1-8H3,(H,24,25). The van der Waals surface area contributed by atoms with Gasteiger partial charge in [0.25, 0.3) is 0 Å². The molecule has 1 saturated carbocycles. The molecule has 168 valence electrons. The molecule has 1 rings (SSSR count). The molecule has 1 fully saturated rings.